The van der Waals surface area contributed by atoms with Crippen LogP contribution in [0.4, 0.5) is 5.69 Å². The van der Waals surface area contributed by atoms with Crippen LogP contribution in [-0.2, 0) is 0 Å². The Hall–Kier alpha value is -0.540. The molecule has 1 aromatic rings. The molecule has 1 atom stereocenters. The van der Waals surface area contributed by atoms with Gasteiger partial charge in [0.05, 0.1) is 0 Å². The van der Waals surface area contributed by atoms with E-state index in [4.69, 9.17) is 0 Å². The van der Waals surface area contributed by atoms with E-state index in [9.17, 15) is 0 Å². The van der Waals surface area contributed by atoms with E-state index in [0.717, 1.165) is 24.1 Å². The zero-order valence-electron chi connectivity index (χ0n) is 12.5. The van der Waals surface area contributed by atoms with Gasteiger partial charge in [0.1, 0.15) is 0 Å². The lowest BCUT2D eigenvalue weighted by Gasteiger charge is -2.35. The van der Waals surface area contributed by atoms with Crippen LogP contribution in [0.3, 0.4) is 0 Å². The minimum atomic E-state index is 0.294. The predicted octanol–water partition coefficient (Wildman–Crippen LogP) is 3.97. The van der Waals surface area contributed by atoms with Crippen LogP contribution >= 0.6 is 15.9 Å². The summed E-state index contributed by atoms with van der Waals surface area (Å²) in [6, 6.07) is 7.11. The molecule has 1 aliphatic rings. The van der Waals surface area contributed by atoms with Gasteiger partial charge in [-0.05, 0) is 43.0 Å². The van der Waals surface area contributed by atoms with Crippen LogP contribution in [0.25, 0.3) is 0 Å². The van der Waals surface area contributed by atoms with E-state index in [1.807, 2.05) is 0 Å². The minimum Gasteiger partial charge on any atom is -0.370 e. The number of aryl methyl sites for hydroxylation is 1. The topological polar surface area (TPSA) is 15.3 Å². The average molecular weight is 325 g/mol. The van der Waals surface area contributed by atoms with E-state index < -0.39 is 0 Å². The Bertz CT molecular complexity index is 437. The highest BCUT2D eigenvalue weighted by atomic mass is 79.9. The quantitative estimate of drug-likeness (QED) is 0.840. The van der Waals surface area contributed by atoms with Gasteiger partial charge < -0.3 is 10.2 Å². The molecule has 1 aromatic carbocycles. The van der Waals surface area contributed by atoms with Crippen LogP contribution in [0.2, 0.25) is 0 Å². The monoisotopic (exact) mass is 324 g/mol. The van der Waals surface area contributed by atoms with Crippen molar-refractivity contribution in [2.24, 2.45) is 5.41 Å². The molecule has 19 heavy (non-hydrogen) atoms. The number of hydrogen-bond donors (Lipinski definition) is 1. The Kier molecular flexibility index (Phi) is 4.57. The lowest BCUT2D eigenvalue weighted by Crippen LogP contribution is -2.46. The highest BCUT2D eigenvalue weighted by molar-refractivity contribution is 9.10. The molecule has 1 fully saturated rings. The average Bonchev–Trinajstić information content (AvgIpc) is 2.57. The molecule has 1 heterocycles. The number of halogens is 1. The van der Waals surface area contributed by atoms with Gasteiger partial charge in [0.2, 0.25) is 0 Å². The molecule has 1 aliphatic heterocycles. The molecular formula is C16H25BrN2. The van der Waals surface area contributed by atoms with Gasteiger partial charge in [-0.1, -0.05) is 42.8 Å². The van der Waals surface area contributed by atoms with Crippen molar-refractivity contribution in [1.82, 2.24) is 5.32 Å². The van der Waals surface area contributed by atoms with Crippen molar-refractivity contribution in [3.8, 4) is 0 Å². The van der Waals surface area contributed by atoms with Crippen molar-refractivity contribution in [3.05, 3.63) is 28.2 Å². The Balaban J connectivity index is 2.25. The first kappa shape index (κ1) is 14.9. The summed E-state index contributed by atoms with van der Waals surface area (Å²) in [6.45, 7) is 12.5. The Morgan fingerprint density at radius 3 is 2.74 bits per heavy atom. The summed E-state index contributed by atoms with van der Waals surface area (Å²) in [7, 11) is 0. The third kappa shape index (κ3) is 3.73. The van der Waals surface area contributed by atoms with E-state index >= 15 is 0 Å². The molecule has 0 aromatic heterocycles. The number of anilines is 1. The molecule has 0 radical (unpaired) electrons. The number of benzene rings is 1. The maximum absolute atomic E-state index is 3.70. The van der Waals surface area contributed by atoms with Gasteiger partial charge in [0.25, 0.3) is 0 Å². The van der Waals surface area contributed by atoms with Crippen molar-refractivity contribution < 1.29 is 0 Å². The molecule has 106 valence electrons. The molecule has 1 unspecified atom stereocenters. The van der Waals surface area contributed by atoms with Crippen LogP contribution in [-0.4, -0.2) is 25.7 Å². The molecule has 2 nitrogen and oxygen atoms in total. The normalized spacial score (nSPS) is 21.3. The van der Waals surface area contributed by atoms with Gasteiger partial charge >= 0.3 is 0 Å². The second kappa shape index (κ2) is 5.84. The molecule has 0 bridgehead atoms. The molecule has 1 N–H and O–H groups in total. The maximum Gasteiger partial charge on any atom is 0.0407 e. The SMILES string of the molecule is Cc1ccc(Br)cc1N1CCCNC(C(C)(C)C)C1. The van der Waals surface area contributed by atoms with E-state index in [2.05, 4.69) is 72.0 Å². The van der Waals surface area contributed by atoms with E-state index in [0.29, 0.717) is 11.5 Å². The standard InChI is InChI=1S/C16H25BrN2/c1-12-6-7-13(17)10-14(12)19-9-5-8-18-15(11-19)16(2,3)4/h6-7,10,15,18H,5,8-9,11H2,1-4H3. The van der Waals surface area contributed by atoms with Gasteiger partial charge in [0.15, 0.2) is 0 Å². The third-order valence-corrected chi connectivity index (χ3v) is 4.45. The van der Waals surface area contributed by atoms with Crippen molar-refractivity contribution in [2.75, 3.05) is 24.5 Å². The zero-order chi connectivity index (χ0) is 14.0. The number of hydrogen-bond acceptors (Lipinski definition) is 2. The highest BCUT2D eigenvalue weighted by Gasteiger charge is 2.28. The summed E-state index contributed by atoms with van der Waals surface area (Å²) in [5.74, 6) is 0. The molecule has 3 heteroatoms. The molecule has 2 rings (SSSR count). The number of nitrogens with one attached hydrogen (secondary N) is 1. The minimum absolute atomic E-state index is 0.294. The zero-order valence-corrected chi connectivity index (χ0v) is 14.0. The summed E-state index contributed by atoms with van der Waals surface area (Å²) in [5.41, 5.74) is 3.02. The summed E-state index contributed by atoms with van der Waals surface area (Å²) >= 11 is 3.59. The van der Waals surface area contributed by atoms with Gasteiger partial charge in [-0.2, -0.15) is 0 Å². The van der Waals surface area contributed by atoms with Crippen LogP contribution < -0.4 is 10.2 Å². The summed E-state index contributed by atoms with van der Waals surface area (Å²) in [5, 5.41) is 3.70. The lowest BCUT2D eigenvalue weighted by molar-refractivity contribution is 0.280. The molecule has 0 aliphatic carbocycles. The van der Waals surface area contributed by atoms with Crippen molar-refractivity contribution in [3.63, 3.8) is 0 Å². The fraction of sp³-hybridized carbons (Fsp3) is 0.625. The van der Waals surface area contributed by atoms with Gasteiger partial charge in [-0.25, -0.2) is 0 Å². The van der Waals surface area contributed by atoms with Crippen LogP contribution in [0.5, 0.6) is 0 Å². The number of nitrogens with zero attached hydrogens (tertiary/aromatic N) is 1. The van der Waals surface area contributed by atoms with Crippen LogP contribution in [0, 0.1) is 12.3 Å². The van der Waals surface area contributed by atoms with Gasteiger partial charge in [-0.15, -0.1) is 0 Å². The molecule has 0 amide bonds. The van der Waals surface area contributed by atoms with Crippen molar-refractivity contribution in [2.45, 2.75) is 40.2 Å². The summed E-state index contributed by atoms with van der Waals surface area (Å²) < 4.78 is 1.16. The molecule has 0 spiro atoms. The number of rotatable bonds is 1. The first-order chi connectivity index (χ1) is 8.88. The summed E-state index contributed by atoms with van der Waals surface area (Å²) in [6.07, 6.45) is 1.21. The van der Waals surface area contributed by atoms with Gasteiger partial charge in [-0.3, -0.25) is 0 Å². The van der Waals surface area contributed by atoms with Crippen molar-refractivity contribution >= 4 is 21.6 Å². The largest absolute Gasteiger partial charge is 0.370 e. The third-order valence-electron chi connectivity index (χ3n) is 3.96. The van der Waals surface area contributed by atoms with E-state index in [1.165, 1.54) is 17.7 Å². The second-order valence-corrected chi connectivity index (χ2v) is 7.52. The smallest absolute Gasteiger partial charge is 0.0407 e. The second-order valence-electron chi connectivity index (χ2n) is 6.60. The maximum atomic E-state index is 3.70. The fourth-order valence-corrected chi connectivity index (χ4v) is 2.99. The van der Waals surface area contributed by atoms with Crippen LogP contribution in [0.15, 0.2) is 22.7 Å². The molecule has 0 saturated carbocycles. The first-order valence-electron chi connectivity index (χ1n) is 7.12. The highest BCUT2D eigenvalue weighted by Crippen LogP contribution is 2.28. The Labute approximate surface area is 125 Å². The fourth-order valence-electron chi connectivity index (χ4n) is 2.64. The first-order valence-corrected chi connectivity index (χ1v) is 7.92. The predicted molar refractivity (Wildman–Crippen MR) is 87.0 cm³/mol. The van der Waals surface area contributed by atoms with Gasteiger partial charge in [0, 0.05) is 29.3 Å². The van der Waals surface area contributed by atoms with E-state index in [1.54, 1.807) is 0 Å². The molecular weight excluding hydrogens is 300 g/mol. The Morgan fingerprint density at radius 1 is 1.32 bits per heavy atom. The van der Waals surface area contributed by atoms with Crippen molar-refractivity contribution in [1.29, 1.82) is 0 Å². The molecule has 1 saturated heterocycles. The Morgan fingerprint density at radius 2 is 2.05 bits per heavy atom. The summed E-state index contributed by atoms with van der Waals surface area (Å²) in [4.78, 5) is 2.54. The van der Waals surface area contributed by atoms with Crippen LogP contribution in [0.1, 0.15) is 32.8 Å². The van der Waals surface area contributed by atoms with E-state index in [-0.39, 0.29) is 0 Å². The lowest BCUT2D eigenvalue weighted by atomic mass is 9.86.